The van der Waals surface area contributed by atoms with E-state index in [2.05, 4.69) is 15.9 Å². The van der Waals surface area contributed by atoms with Gasteiger partial charge in [-0.25, -0.2) is 0 Å². The van der Waals surface area contributed by atoms with E-state index in [0.29, 0.717) is 39.2 Å². The van der Waals surface area contributed by atoms with Gasteiger partial charge in [0.15, 0.2) is 0 Å². The zero-order valence-electron chi connectivity index (χ0n) is 15.9. The van der Waals surface area contributed by atoms with Gasteiger partial charge in [-0.3, -0.25) is 4.79 Å². The van der Waals surface area contributed by atoms with Gasteiger partial charge in [0, 0.05) is 4.47 Å². The lowest BCUT2D eigenvalue weighted by molar-refractivity contribution is 0.106. The molecule has 0 unspecified atom stereocenters. The minimum Gasteiger partial charge on any atom is -0.506 e. The van der Waals surface area contributed by atoms with Crippen LogP contribution in [0.2, 0.25) is 0 Å². The summed E-state index contributed by atoms with van der Waals surface area (Å²) in [6.45, 7) is 4.00. The Morgan fingerprint density at radius 3 is 2.48 bits per heavy atom. The first-order valence-electron chi connectivity index (χ1n) is 9.38. The number of aliphatic hydroxyl groups is 1. The van der Waals surface area contributed by atoms with Gasteiger partial charge >= 0.3 is 0 Å². The van der Waals surface area contributed by atoms with Crippen LogP contribution in [0.3, 0.4) is 0 Å². The van der Waals surface area contributed by atoms with Crippen LogP contribution in [0.25, 0.3) is 22.5 Å². The third-order valence-electron chi connectivity index (χ3n) is 5.37. The quantitative estimate of drug-likeness (QED) is 0.368. The predicted octanol–water partition coefficient (Wildman–Crippen LogP) is 6.92. The minimum atomic E-state index is -0.210. The number of allylic oxidation sites excluding steroid dienone is 1. The number of carbonyl (C=O) groups excluding carboxylic acids is 1. The van der Waals surface area contributed by atoms with Gasteiger partial charge in [0.05, 0.1) is 16.7 Å². The Labute approximate surface area is 175 Å². The van der Waals surface area contributed by atoms with Gasteiger partial charge in [-0.1, -0.05) is 28.9 Å². The van der Waals surface area contributed by atoms with E-state index in [4.69, 9.17) is 9.15 Å². The number of furan rings is 2. The van der Waals surface area contributed by atoms with Gasteiger partial charge in [0.25, 0.3) is 0 Å². The van der Waals surface area contributed by atoms with Crippen LogP contribution >= 0.6 is 15.9 Å². The van der Waals surface area contributed by atoms with Gasteiger partial charge in [0.1, 0.15) is 28.4 Å². The number of Topliss-reactive ketones (excluding diaryl/α,β-unsaturated/α-hetero) is 1. The zero-order chi connectivity index (χ0) is 20.3. The standard InChI is InChI=1S/C24H17BrO4/c1-3-13-4-6-15(28-17-7-5-14(25)10-12(17)2)11-16(13)20-23(26)21-18-8-9-19(29-18)22(21)24(20)27/h4-11,26H,3H2,1-2H3. The lowest BCUT2D eigenvalue weighted by Crippen LogP contribution is -2.02. The monoisotopic (exact) mass is 448 g/mol. The molecule has 5 rings (SSSR count). The molecule has 4 nitrogen and oxygen atoms in total. The minimum absolute atomic E-state index is 0.0222. The molecule has 0 amide bonds. The summed E-state index contributed by atoms with van der Waals surface area (Å²) in [6.07, 6.45) is 0.726. The first-order valence-corrected chi connectivity index (χ1v) is 10.2. The Bertz CT molecular complexity index is 1310. The van der Waals surface area contributed by atoms with Crippen molar-refractivity contribution in [2.75, 3.05) is 0 Å². The fraction of sp³-hybridized carbons (Fsp3) is 0.125. The molecule has 0 aliphatic heterocycles. The number of aryl methyl sites for hydroxylation is 2. The predicted molar refractivity (Wildman–Crippen MR) is 116 cm³/mol. The highest BCUT2D eigenvalue weighted by Crippen LogP contribution is 2.45. The fourth-order valence-corrected chi connectivity index (χ4v) is 4.41. The largest absolute Gasteiger partial charge is 0.506 e. The SMILES string of the molecule is CCc1ccc(Oc2ccc(Br)cc2C)cc1C1=C(O)c2c(c3ccc2o3)C1=O. The summed E-state index contributed by atoms with van der Waals surface area (Å²) in [4.78, 5) is 13.1. The zero-order valence-corrected chi connectivity index (χ0v) is 17.5. The molecule has 0 saturated heterocycles. The van der Waals surface area contributed by atoms with Crippen LogP contribution in [0.15, 0.2) is 57.4 Å². The molecule has 144 valence electrons. The van der Waals surface area contributed by atoms with E-state index < -0.39 is 0 Å². The van der Waals surface area contributed by atoms with Crippen LogP contribution in [-0.2, 0) is 6.42 Å². The number of ketones is 1. The Balaban J connectivity index is 1.61. The van der Waals surface area contributed by atoms with Gasteiger partial charge < -0.3 is 14.3 Å². The molecule has 1 N–H and O–H groups in total. The van der Waals surface area contributed by atoms with Crippen molar-refractivity contribution in [1.29, 1.82) is 0 Å². The molecule has 2 heterocycles. The molecular formula is C24H17BrO4. The van der Waals surface area contributed by atoms with Crippen molar-refractivity contribution in [3.63, 3.8) is 0 Å². The summed E-state index contributed by atoms with van der Waals surface area (Å²) in [5.41, 5.74) is 4.96. The highest BCUT2D eigenvalue weighted by molar-refractivity contribution is 9.10. The summed E-state index contributed by atoms with van der Waals surface area (Å²) in [5, 5.41) is 10.9. The van der Waals surface area contributed by atoms with Crippen LogP contribution in [0.5, 0.6) is 11.5 Å². The molecule has 0 saturated carbocycles. The molecule has 2 aromatic heterocycles. The molecule has 1 aliphatic rings. The number of aliphatic hydroxyl groups excluding tert-OH is 1. The molecular weight excluding hydrogens is 432 g/mol. The normalized spacial score (nSPS) is 13.6. The third-order valence-corrected chi connectivity index (χ3v) is 5.87. The Morgan fingerprint density at radius 1 is 1.03 bits per heavy atom. The second kappa shape index (κ2) is 6.49. The van der Waals surface area contributed by atoms with Crippen LogP contribution < -0.4 is 4.74 Å². The van der Waals surface area contributed by atoms with E-state index in [9.17, 15) is 9.90 Å². The molecule has 0 fully saturated rings. The molecule has 5 heteroatoms. The van der Waals surface area contributed by atoms with E-state index in [1.54, 1.807) is 12.1 Å². The van der Waals surface area contributed by atoms with Crippen molar-refractivity contribution in [2.24, 2.45) is 0 Å². The Kier molecular flexibility index (Phi) is 4.03. The highest BCUT2D eigenvalue weighted by atomic mass is 79.9. The molecule has 4 aromatic rings. The number of carbonyl (C=O) groups is 1. The molecule has 2 aromatic carbocycles. The van der Waals surface area contributed by atoms with E-state index >= 15 is 0 Å². The summed E-state index contributed by atoms with van der Waals surface area (Å²) in [6, 6.07) is 15.0. The van der Waals surface area contributed by atoms with Crippen molar-refractivity contribution < 1.29 is 19.1 Å². The van der Waals surface area contributed by atoms with Crippen molar-refractivity contribution >= 4 is 44.2 Å². The summed E-state index contributed by atoms with van der Waals surface area (Å²) >= 11 is 3.46. The Hall–Kier alpha value is -3.05. The lowest BCUT2D eigenvalue weighted by atomic mass is 9.95. The summed E-state index contributed by atoms with van der Waals surface area (Å²) in [5.74, 6) is 1.12. The second-order valence-corrected chi connectivity index (χ2v) is 8.07. The number of hydrogen-bond donors (Lipinski definition) is 1. The van der Waals surface area contributed by atoms with Crippen LogP contribution in [0.1, 0.15) is 39.5 Å². The van der Waals surface area contributed by atoms with Crippen molar-refractivity contribution in [2.45, 2.75) is 20.3 Å². The van der Waals surface area contributed by atoms with E-state index in [1.165, 1.54) is 0 Å². The Morgan fingerprint density at radius 2 is 1.79 bits per heavy atom. The van der Waals surface area contributed by atoms with Crippen LogP contribution in [-0.4, -0.2) is 10.9 Å². The number of ether oxygens (including phenoxy) is 1. The van der Waals surface area contributed by atoms with Gasteiger partial charge in [-0.05, 0) is 72.5 Å². The maximum Gasteiger partial charge on any atom is 0.202 e. The maximum atomic E-state index is 13.1. The number of halogens is 1. The van der Waals surface area contributed by atoms with Crippen LogP contribution in [0.4, 0.5) is 0 Å². The van der Waals surface area contributed by atoms with E-state index in [-0.39, 0.29) is 11.5 Å². The first kappa shape index (κ1) is 18.0. The average molecular weight is 449 g/mol. The van der Waals surface area contributed by atoms with Gasteiger partial charge in [-0.2, -0.15) is 0 Å². The van der Waals surface area contributed by atoms with Gasteiger partial charge in [0.2, 0.25) is 5.78 Å². The molecule has 29 heavy (non-hydrogen) atoms. The van der Waals surface area contributed by atoms with Crippen LogP contribution in [0, 0.1) is 6.92 Å². The topological polar surface area (TPSA) is 59.7 Å². The molecule has 0 spiro atoms. The number of benzene rings is 3. The summed E-state index contributed by atoms with van der Waals surface area (Å²) < 4.78 is 12.6. The first-order chi connectivity index (χ1) is 14.0. The van der Waals surface area contributed by atoms with Crippen molar-refractivity contribution in [3.05, 3.63) is 80.8 Å². The fourth-order valence-electron chi connectivity index (χ4n) is 3.94. The number of fused-ring (bicyclic) bond motifs is 5. The molecule has 2 bridgehead atoms. The summed E-state index contributed by atoms with van der Waals surface area (Å²) in [7, 11) is 0. The third kappa shape index (κ3) is 2.69. The highest BCUT2D eigenvalue weighted by Gasteiger charge is 2.37. The smallest absolute Gasteiger partial charge is 0.202 e. The van der Waals surface area contributed by atoms with E-state index in [1.807, 2.05) is 50.2 Å². The number of rotatable bonds is 4. The lowest BCUT2D eigenvalue weighted by Gasteiger charge is -2.14. The maximum absolute atomic E-state index is 13.1. The molecule has 1 aliphatic carbocycles. The van der Waals surface area contributed by atoms with E-state index in [0.717, 1.165) is 27.8 Å². The second-order valence-electron chi connectivity index (χ2n) is 7.15. The number of hydrogen-bond acceptors (Lipinski definition) is 4. The van der Waals surface area contributed by atoms with Crippen molar-refractivity contribution in [3.8, 4) is 11.5 Å². The average Bonchev–Trinajstić information content (AvgIpc) is 3.38. The molecule has 0 radical (unpaired) electrons. The van der Waals surface area contributed by atoms with Gasteiger partial charge in [-0.15, -0.1) is 0 Å². The van der Waals surface area contributed by atoms with Crippen molar-refractivity contribution in [1.82, 2.24) is 0 Å². The molecule has 0 atom stereocenters.